The molecule has 4 nitrogen and oxygen atoms in total. The maximum Gasteiger partial charge on any atom is 0.128 e. The van der Waals surface area contributed by atoms with Gasteiger partial charge in [0.2, 0.25) is 0 Å². The summed E-state index contributed by atoms with van der Waals surface area (Å²) in [5.74, 6) is 1.03. The topological polar surface area (TPSA) is 37.4 Å². The summed E-state index contributed by atoms with van der Waals surface area (Å²) in [5, 5.41) is 3.40. The largest absolute Gasteiger partial charge is 0.376 e. The van der Waals surface area contributed by atoms with Gasteiger partial charge in [0.25, 0.3) is 0 Å². The van der Waals surface area contributed by atoms with Crippen LogP contribution in [0.2, 0.25) is 0 Å². The van der Waals surface area contributed by atoms with E-state index in [2.05, 4.69) is 49.3 Å². The molecule has 106 valence electrons. The Labute approximate surface area is 116 Å². The molecule has 0 bridgehead atoms. The van der Waals surface area contributed by atoms with Gasteiger partial charge in [0.1, 0.15) is 5.82 Å². The molecule has 0 spiro atoms. The molecule has 4 heteroatoms. The van der Waals surface area contributed by atoms with Crippen molar-refractivity contribution in [1.29, 1.82) is 0 Å². The normalized spacial score (nSPS) is 19.1. The molecule has 2 rings (SSSR count). The van der Waals surface area contributed by atoms with E-state index in [-0.39, 0.29) is 0 Å². The molecule has 0 radical (unpaired) electrons. The molecule has 19 heavy (non-hydrogen) atoms. The smallest absolute Gasteiger partial charge is 0.128 e. The summed E-state index contributed by atoms with van der Waals surface area (Å²) in [5.41, 5.74) is 1.09. The minimum absolute atomic E-state index is 0.365. The van der Waals surface area contributed by atoms with Crippen LogP contribution in [0.3, 0.4) is 0 Å². The highest BCUT2D eigenvalue weighted by Gasteiger charge is 2.18. The van der Waals surface area contributed by atoms with Gasteiger partial charge in [-0.2, -0.15) is 0 Å². The second-order valence-electron chi connectivity index (χ2n) is 5.54. The molecule has 1 unspecified atom stereocenters. The first-order valence-electron chi connectivity index (χ1n) is 7.17. The number of anilines is 1. The molecule has 2 heterocycles. The zero-order valence-corrected chi connectivity index (χ0v) is 12.2. The first kappa shape index (κ1) is 14.3. The third kappa shape index (κ3) is 4.48. The van der Waals surface area contributed by atoms with Gasteiger partial charge in [-0.05, 0) is 25.0 Å². The van der Waals surface area contributed by atoms with Crippen LogP contribution in [0.4, 0.5) is 5.82 Å². The van der Waals surface area contributed by atoms with Gasteiger partial charge in [-0.25, -0.2) is 4.98 Å². The van der Waals surface area contributed by atoms with Gasteiger partial charge in [-0.15, -0.1) is 0 Å². The average Bonchev–Trinajstić information content (AvgIpc) is 2.89. The minimum Gasteiger partial charge on any atom is -0.376 e. The lowest BCUT2D eigenvalue weighted by Crippen LogP contribution is -2.29. The summed E-state index contributed by atoms with van der Waals surface area (Å²) in [4.78, 5) is 6.88. The summed E-state index contributed by atoms with van der Waals surface area (Å²) in [6.07, 6.45) is 2.72. The quantitative estimate of drug-likeness (QED) is 0.854. The number of rotatable bonds is 6. The maximum absolute atomic E-state index is 5.67. The van der Waals surface area contributed by atoms with Gasteiger partial charge < -0.3 is 15.0 Å². The summed E-state index contributed by atoms with van der Waals surface area (Å²) in [6, 6.07) is 6.69. The van der Waals surface area contributed by atoms with Crippen molar-refractivity contribution in [2.45, 2.75) is 45.4 Å². The summed E-state index contributed by atoms with van der Waals surface area (Å²) in [7, 11) is 2.09. The van der Waals surface area contributed by atoms with E-state index < -0.39 is 0 Å². The number of aromatic nitrogens is 1. The lowest BCUT2D eigenvalue weighted by molar-refractivity contribution is 0.116. The first-order valence-corrected chi connectivity index (χ1v) is 7.17. The van der Waals surface area contributed by atoms with Gasteiger partial charge in [0, 0.05) is 32.8 Å². The minimum atomic E-state index is 0.365. The van der Waals surface area contributed by atoms with E-state index in [4.69, 9.17) is 9.72 Å². The van der Waals surface area contributed by atoms with Crippen LogP contribution in [-0.4, -0.2) is 37.3 Å². The molecule has 1 N–H and O–H groups in total. The predicted octanol–water partition coefficient (Wildman–Crippen LogP) is 2.19. The number of nitrogens with one attached hydrogen (secondary N) is 1. The van der Waals surface area contributed by atoms with Crippen LogP contribution >= 0.6 is 0 Å². The predicted molar refractivity (Wildman–Crippen MR) is 78.5 cm³/mol. The fourth-order valence-electron chi connectivity index (χ4n) is 2.27. The van der Waals surface area contributed by atoms with Crippen LogP contribution in [0, 0.1) is 0 Å². The second kappa shape index (κ2) is 6.87. The van der Waals surface area contributed by atoms with Gasteiger partial charge in [-0.3, -0.25) is 0 Å². The van der Waals surface area contributed by atoms with Crippen LogP contribution in [0.1, 0.15) is 32.4 Å². The zero-order chi connectivity index (χ0) is 13.7. The Kier molecular flexibility index (Phi) is 5.16. The molecule has 0 aliphatic carbocycles. The van der Waals surface area contributed by atoms with E-state index >= 15 is 0 Å². The molecule has 1 aromatic heterocycles. The summed E-state index contributed by atoms with van der Waals surface area (Å²) >= 11 is 0. The van der Waals surface area contributed by atoms with Crippen molar-refractivity contribution in [3.8, 4) is 0 Å². The van der Waals surface area contributed by atoms with Crippen LogP contribution in [0.15, 0.2) is 18.2 Å². The lowest BCUT2D eigenvalue weighted by atomic mass is 10.2. The van der Waals surface area contributed by atoms with Gasteiger partial charge in [0.15, 0.2) is 0 Å². The molecule has 0 amide bonds. The third-order valence-corrected chi connectivity index (χ3v) is 3.38. The zero-order valence-electron chi connectivity index (χ0n) is 12.2. The molecule has 0 aromatic carbocycles. The van der Waals surface area contributed by atoms with Crippen LogP contribution < -0.4 is 10.2 Å². The lowest BCUT2D eigenvalue weighted by Gasteiger charge is -2.22. The molecular weight excluding hydrogens is 238 g/mol. The Morgan fingerprint density at radius 1 is 1.47 bits per heavy atom. The number of ether oxygens (including phenoxy) is 1. The number of pyridine rings is 1. The molecule has 1 aliphatic heterocycles. The van der Waals surface area contributed by atoms with Crippen molar-refractivity contribution in [3.05, 3.63) is 23.9 Å². The average molecular weight is 263 g/mol. The van der Waals surface area contributed by atoms with Crippen molar-refractivity contribution < 1.29 is 4.74 Å². The highest BCUT2D eigenvalue weighted by Crippen LogP contribution is 2.16. The highest BCUT2D eigenvalue weighted by atomic mass is 16.5. The van der Waals surface area contributed by atoms with Gasteiger partial charge in [0.05, 0.1) is 11.8 Å². The van der Waals surface area contributed by atoms with E-state index in [1.807, 2.05) is 0 Å². The van der Waals surface area contributed by atoms with Gasteiger partial charge in [-0.1, -0.05) is 19.9 Å². The van der Waals surface area contributed by atoms with E-state index in [0.29, 0.717) is 12.1 Å². The Morgan fingerprint density at radius 3 is 3.00 bits per heavy atom. The molecule has 1 atom stereocenters. The Hall–Kier alpha value is -1.13. The van der Waals surface area contributed by atoms with Crippen LogP contribution in [-0.2, 0) is 11.3 Å². The maximum atomic E-state index is 5.67. The third-order valence-electron chi connectivity index (χ3n) is 3.38. The fourth-order valence-corrected chi connectivity index (χ4v) is 2.27. The molecule has 1 aromatic rings. The monoisotopic (exact) mass is 263 g/mol. The van der Waals surface area contributed by atoms with E-state index in [0.717, 1.165) is 31.2 Å². The van der Waals surface area contributed by atoms with Crippen molar-refractivity contribution in [2.24, 2.45) is 0 Å². The van der Waals surface area contributed by atoms with Crippen molar-refractivity contribution in [2.75, 3.05) is 25.1 Å². The number of hydrogen-bond donors (Lipinski definition) is 1. The first-order chi connectivity index (χ1) is 9.15. The standard InChI is InChI=1S/C15H25N3O/c1-12(2)16-10-13-6-4-8-15(17-13)18(3)11-14-7-5-9-19-14/h4,6,8,12,14,16H,5,7,9-11H2,1-3H3. The van der Waals surface area contributed by atoms with Crippen molar-refractivity contribution in [3.63, 3.8) is 0 Å². The van der Waals surface area contributed by atoms with Crippen LogP contribution in [0.25, 0.3) is 0 Å². The Morgan fingerprint density at radius 2 is 2.32 bits per heavy atom. The molecule has 1 saturated heterocycles. The Balaban J connectivity index is 1.92. The Bertz CT molecular complexity index is 389. The highest BCUT2D eigenvalue weighted by molar-refractivity contribution is 5.38. The summed E-state index contributed by atoms with van der Waals surface area (Å²) in [6.45, 7) is 6.94. The molecule has 1 aliphatic rings. The number of likely N-dealkylation sites (N-methyl/N-ethyl adjacent to an activating group) is 1. The van der Waals surface area contributed by atoms with Gasteiger partial charge >= 0.3 is 0 Å². The SMILES string of the molecule is CC(C)NCc1cccc(N(C)CC2CCCO2)n1. The molecule has 0 saturated carbocycles. The second-order valence-corrected chi connectivity index (χ2v) is 5.54. The van der Waals surface area contributed by atoms with E-state index in [1.54, 1.807) is 0 Å². The van der Waals surface area contributed by atoms with E-state index in [9.17, 15) is 0 Å². The summed E-state index contributed by atoms with van der Waals surface area (Å²) < 4.78 is 5.67. The van der Waals surface area contributed by atoms with Crippen molar-refractivity contribution >= 4 is 5.82 Å². The van der Waals surface area contributed by atoms with E-state index in [1.165, 1.54) is 12.8 Å². The fraction of sp³-hybridized carbons (Fsp3) is 0.667. The van der Waals surface area contributed by atoms with Crippen molar-refractivity contribution in [1.82, 2.24) is 10.3 Å². The number of hydrogen-bond acceptors (Lipinski definition) is 4. The number of nitrogens with zero attached hydrogens (tertiary/aromatic N) is 2. The van der Waals surface area contributed by atoms with Crippen LogP contribution in [0.5, 0.6) is 0 Å². The molecular formula is C15H25N3O. The molecule has 1 fully saturated rings.